The summed E-state index contributed by atoms with van der Waals surface area (Å²) >= 11 is 0. The lowest BCUT2D eigenvalue weighted by atomic mass is 9.99. The van der Waals surface area contributed by atoms with Crippen molar-refractivity contribution in [3.8, 4) is 6.07 Å². The molecule has 80 valence electrons. The minimum absolute atomic E-state index is 0.294. The van der Waals surface area contributed by atoms with Gasteiger partial charge in [-0.15, -0.1) is 0 Å². The topological polar surface area (TPSA) is 27.0 Å². The lowest BCUT2D eigenvalue weighted by molar-refractivity contribution is 0.194. The summed E-state index contributed by atoms with van der Waals surface area (Å²) in [5.41, 5.74) is 0. The van der Waals surface area contributed by atoms with Gasteiger partial charge in [-0.3, -0.25) is 0 Å². The van der Waals surface area contributed by atoms with Gasteiger partial charge in [-0.05, 0) is 44.7 Å². The molecule has 1 aliphatic rings. The Morgan fingerprint density at radius 2 is 2.29 bits per heavy atom. The molecule has 1 aliphatic heterocycles. The number of nitriles is 1. The van der Waals surface area contributed by atoms with Crippen molar-refractivity contribution < 1.29 is 0 Å². The summed E-state index contributed by atoms with van der Waals surface area (Å²) < 4.78 is 0. The van der Waals surface area contributed by atoms with E-state index in [0.717, 1.165) is 18.9 Å². The molecular formula is C12H22N2. The van der Waals surface area contributed by atoms with Gasteiger partial charge < -0.3 is 4.90 Å². The average Bonchev–Trinajstić information content (AvgIpc) is 2.18. The van der Waals surface area contributed by atoms with Gasteiger partial charge in [0.1, 0.15) is 0 Å². The fourth-order valence-corrected chi connectivity index (χ4v) is 2.09. The van der Waals surface area contributed by atoms with E-state index in [1.807, 2.05) is 0 Å². The first-order valence-electron chi connectivity index (χ1n) is 5.84. The Balaban J connectivity index is 2.15. The van der Waals surface area contributed by atoms with E-state index in [1.54, 1.807) is 0 Å². The van der Waals surface area contributed by atoms with Crippen LogP contribution in [0, 0.1) is 23.2 Å². The molecule has 2 heteroatoms. The summed E-state index contributed by atoms with van der Waals surface area (Å²) in [5.74, 6) is 1.11. The molecule has 2 nitrogen and oxygen atoms in total. The van der Waals surface area contributed by atoms with E-state index < -0.39 is 0 Å². The second kappa shape index (κ2) is 6.03. The lowest BCUT2D eigenvalue weighted by Crippen LogP contribution is -2.35. The Labute approximate surface area is 87.9 Å². The Kier molecular flexibility index (Phi) is 4.97. The minimum Gasteiger partial charge on any atom is -0.302 e. The van der Waals surface area contributed by atoms with Gasteiger partial charge in [-0.1, -0.05) is 13.8 Å². The predicted octanol–water partition coefficient (Wildman–Crippen LogP) is 2.66. The van der Waals surface area contributed by atoms with Gasteiger partial charge in [0.05, 0.1) is 12.0 Å². The summed E-state index contributed by atoms with van der Waals surface area (Å²) in [6.45, 7) is 7.95. The molecule has 1 saturated heterocycles. The van der Waals surface area contributed by atoms with Gasteiger partial charge in [-0.25, -0.2) is 0 Å². The molecule has 0 spiro atoms. The van der Waals surface area contributed by atoms with Crippen LogP contribution in [0.4, 0.5) is 0 Å². The monoisotopic (exact) mass is 194 g/mol. The van der Waals surface area contributed by atoms with Gasteiger partial charge in [0.25, 0.3) is 0 Å². The van der Waals surface area contributed by atoms with Gasteiger partial charge in [-0.2, -0.15) is 5.26 Å². The quantitative estimate of drug-likeness (QED) is 0.688. The van der Waals surface area contributed by atoms with Crippen molar-refractivity contribution in [3.05, 3.63) is 0 Å². The molecule has 1 fully saturated rings. The van der Waals surface area contributed by atoms with Crippen molar-refractivity contribution in [3.63, 3.8) is 0 Å². The third-order valence-electron chi connectivity index (χ3n) is 2.94. The largest absolute Gasteiger partial charge is 0.302 e. The standard InChI is InChI=1S/C12H22N2/c1-11(2)5-3-7-14-8-4-6-12(9-13)10-14/h11-12H,3-8,10H2,1-2H3. The van der Waals surface area contributed by atoms with Crippen LogP contribution >= 0.6 is 0 Å². The van der Waals surface area contributed by atoms with Gasteiger partial charge in [0, 0.05) is 6.54 Å². The molecule has 0 saturated carbocycles. The molecule has 1 rings (SSSR count). The third kappa shape index (κ3) is 4.11. The molecule has 0 aromatic carbocycles. The predicted molar refractivity (Wildman–Crippen MR) is 58.8 cm³/mol. The zero-order valence-electron chi connectivity index (χ0n) is 9.50. The first-order valence-corrected chi connectivity index (χ1v) is 5.84. The fraction of sp³-hybridized carbons (Fsp3) is 0.917. The van der Waals surface area contributed by atoms with Crippen LogP contribution in [0.15, 0.2) is 0 Å². The Bertz CT molecular complexity index is 193. The molecule has 14 heavy (non-hydrogen) atoms. The number of hydrogen-bond donors (Lipinski definition) is 0. The number of nitrogens with zero attached hydrogens (tertiary/aromatic N) is 2. The van der Waals surface area contributed by atoms with Gasteiger partial charge >= 0.3 is 0 Å². The highest BCUT2D eigenvalue weighted by atomic mass is 15.1. The smallest absolute Gasteiger partial charge is 0.0669 e. The minimum atomic E-state index is 0.294. The van der Waals surface area contributed by atoms with E-state index in [2.05, 4.69) is 24.8 Å². The van der Waals surface area contributed by atoms with Crippen LogP contribution in [0.3, 0.4) is 0 Å². The number of likely N-dealkylation sites (tertiary alicyclic amines) is 1. The molecule has 1 unspecified atom stereocenters. The molecular weight excluding hydrogens is 172 g/mol. The van der Waals surface area contributed by atoms with Crippen molar-refractivity contribution in [2.75, 3.05) is 19.6 Å². The van der Waals surface area contributed by atoms with Crippen LogP contribution < -0.4 is 0 Å². The highest BCUT2D eigenvalue weighted by molar-refractivity contribution is 4.88. The highest BCUT2D eigenvalue weighted by Gasteiger charge is 2.18. The Hall–Kier alpha value is -0.550. The third-order valence-corrected chi connectivity index (χ3v) is 2.94. The molecule has 0 radical (unpaired) electrons. The zero-order chi connectivity index (χ0) is 10.4. The SMILES string of the molecule is CC(C)CCCN1CCCC(C#N)C1. The van der Waals surface area contributed by atoms with Crippen LogP contribution in [-0.4, -0.2) is 24.5 Å². The zero-order valence-corrected chi connectivity index (χ0v) is 9.50. The molecule has 0 aromatic heterocycles. The molecule has 0 aromatic rings. The Morgan fingerprint density at radius 1 is 1.50 bits per heavy atom. The molecule has 0 N–H and O–H groups in total. The lowest BCUT2D eigenvalue weighted by Gasteiger charge is -2.29. The van der Waals surface area contributed by atoms with E-state index in [1.165, 1.54) is 32.4 Å². The van der Waals surface area contributed by atoms with E-state index >= 15 is 0 Å². The van der Waals surface area contributed by atoms with E-state index in [0.29, 0.717) is 5.92 Å². The Morgan fingerprint density at radius 3 is 2.93 bits per heavy atom. The van der Waals surface area contributed by atoms with Crippen LogP contribution in [0.5, 0.6) is 0 Å². The normalized spacial score (nSPS) is 23.7. The first-order chi connectivity index (χ1) is 6.72. The van der Waals surface area contributed by atoms with Crippen molar-refractivity contribution in [2.45, 2.75) is 39.5 Å². The number of rotatable bonds is 4. The van der Waals surface area contributed by atoms with Crippen LogP contribution in [0.25, 0.3) is 0 Å². The maximum atomic E-state index is 8.85. The summed E-state index contributed by atoms with van der Waals surface area (Å²) in [4.78, 5) is 2.46. The summed E-state index contributed by atoms with van der Waals surface area (Å²) in [7, 11) is 0. The highest BCUT2D eigenvalue weighted by Crippen LogP contribution is 2.16. The second-order valence-electron chi connectivity index (χ2n) is 4.80. The first kappa shape index (κ1) is 11.5. The van der Waals surface area contributed by atoms with Gasteiger partial charge in [0.15, 0.2) is 0 Å². The summed E-state index contributed by atoms with van der Waals surface area (Å²) in [5, 5.41) is 8.85. The van der Waals surface area contributed by atoms with Crippen LogP contribution in [-0.2, 0) is 0 Å². The summed E-state index contributed by atoms with van der Waals surface area (Å²) in [6, 6.07) is 2.39. The second-order valence-corrected chi connectivity index (χ2v) is 4.80. The van der Waals surface area contributed by atoms with Crippen LogP contribution in [0.2, 0.25) is 0 Å². The van der Waals surface area contributed by atoms with Crippen molar-refractivity contribution in [2.24, 2.45) is 11.8 Å². The van der Waals surface area contributed by atoms with E-state index in [9.17, 15) is 0 Å². The van der Waals surface area contributed by atoms with Crippen molar-refractivity contribution in [1.29, 1.82) is 5.26 Å². The molecule has 0 amide bonds. The van der Waals surface area contributed by atoms with E-state index in [-0.39, 0.29) is 0 Å². The fourth-order valence-electron chi connectivity index (χ4n) is 2.09. The molecule has 1 heterocycles. The maximum absolute atomic E-state index is 8.85. The number of piperidine rings is 1. The molecule has 0 aliphatic carbocycles. The van der Waals surface area contributed by atoms with E-state index in [4.69, 9.17) is 5.26 Å². The van der Waals surface area contributed by atoms with Crippen molar-refractivity contribution >= 4 is 0 Å². The molecule has 1 atom stereocenters. The average molecular weight is 194 g/mol. The summed E-state index contributed by atoms with van der Waals surface area (Å²) in [6.07, 6.45) is 4.92. The maximum Gasteiger partial charge on any atom is 0.0669 e. The molecule has 0 bridgehead atoms. The van der Waals surface area contributed by atoms with Gasteiger partial charge in [0.2, 0.25) is 0 Å². The number of hydrogen-bond acceptors (Lipinski definition) is 2. The van der Waals surface area contributed by atoms with Crippen LogP contribution in [0.1, 0.15) is 39.5 Å². The van der Waals surface area contributed by atoms with Crippen molar-refractivity contribution in [1.82, 2.24) is 4.90 Å².